The van der Waals surface area contributed by atoms with Gasteiger partial charge in [0, 0.05) is 16.3 Å². The van der Waals surface area contributed by atoms with E-state index in [-0.39, 0.29) is 17.9 Å². The molecule has 0 spiro atoms. The molecule has 2 aromatic carbocycles. The van der Waals surface area contributed by atoms with Gasteiger partial charge in [0.15, 0.2) is 0 Å². The molecule has 3 N–H and O–H groups in total. The van der Waals surface area contributed by atoms with Crippen molar-refractivity contribution in [3.8, 4) is 0 Å². The van der Waals surface area contributed by atoms with Crippen molar-refractivity contribution in [3.05, 3.63) is 59.2 Å². The fraction of sp³-hybridized carbons (Fsp3) is 0.316. The summed E-state index contributed by atoms with van der Waals surface area (Å²) in [6, 6.07) is 14.4. The third-order valence-electron chi connectivity index (χ3n) is 4.81. The van der Waals surface area contributed by atoms with Gasteiger partial charge in [-0.1, -0.05) is 24.3 Å². The van der Waals surface area contributed by atoms with Crippen LogP contribution in [-0.2, 0) is 11.2 Å². The maximum atomic E-state index is 12.8. The lowest BCUT2D eigenvalue weighted by molar-refractivity contribution is -0.122. The molecule has 4 rings (SSSR count). The Morgan fingerprint density at radius 3 is 2.96 bits per heavy atom. The van der Waals surface area contributed by atoms with Crippen molar-refractivity contribution in [2.75, 3.05) is 11.5 Å². The minimum absolute atomic E-state index is 0.0321. The number of carbonyl (C=O) groups excluding carboxylic acids is 1. The molecule has 0 bridgehead atoms. The molecule has 0 aromatic heterocycles. The van der Waals surface area contributed by atoms with Gasteiger partial charge in [0.1, 0.15) is 0 Å². The maximum absolute atomic E-state index is 12.8. The summed E-state index contributed by atoms with van der Waals surface area (Å²) in [5.41, 5.74) is 10.4. The van der Waals surface area contributed by atoms with Crippen molar-refractivity contribution in [2.24, 2.45) is 0 Å². The largest absolute Gasteiger partial charge is 0.399 e. The molecule has 2 atom stereocenters. The van der Waals surface area contributed by atoms with Crippen LogP contribution in [0.15, 0.2) is 47.4 Å². The number of anilines is 1. The van der Waals surface area contributed by atoms with Crippen LogP contribution in [-0.4, -0.2) is 11.7 Å². The van der Waals surface area contributed by atoms with Crippen LogP contribution in [0.2, 0.25) is 0 Å². The average Bonchev–Trinajstić information content (AvgIpc) is 2.99. The van der Waals surface area contributed by atoms with E-state index in [0.717, 1.165) is 30.7 Å². The van der Waals surface area contributed by atoms with Crippen molar-refractivity contribution in [1.82, 2.24) is 5.32 Å². The van der Waals surface area contributed by atoms with Gasteiger partial charge in [0.05, 0.1) is 12.0 Å². The van der Waals surface area contributed by atoms with Gasteiger partial charge >= 0.3 is 0 Å². The quantitative estimate of drug-likeness (QED) is 0.829. The molecule has 2 aromatic rings. The Kier molecular flexibility index (Phi) is 3.77. The number of hydrogen-bond acceptors (Lipinski definition) is 3. The van der Waals surface area contributed by atoms with Gasteiger partial charge < -0.3 is 11.1 Å². The summed E-state index contributed by atoms with van der Waals surface area (Å²) in [5.74, 6) is 0.958. The highest BCUT2D eigenvalue weighted by Crippen LogP contribution is 2.40. The molecule has 0 saturated carbocycles. The lowest BCUT2D eigenvalue weighted by Crippen LogP contribution is -2.34. The Hall–Kier alpha value is -1.94. The minimum Gasteiger partial charge on any atom is -0.399 e. The maximum Gasteiger partial charge on any atom is 0.228 e. The van der Waals surface area contributed by atoms with E-state index in [2.05, 4.69) is 23.5 Å². The molecule has 0 radical (unpaired) electrons. The van der Waals surface area contributed by atoms with E-state index < -0.39 is 0 Å². The zero-order valence-corrected chi connectivity index (χ0v) is 13.7. The number of nitrogens with two attached hydrogens (primary N) is 1. The highest BCUT2D eigenvalue weighted by Gasteiger charge is 2.31. The fourth-order valence-corrected chi connectivity index (χ4v) is 4.87. The summed E-state index contributed by atoms with van der Waals surface area (Å²) in [4.78, 5) is 14.0. The Morgan fingerprint density at radius 2 is 2.04 bits per heavy atom. The highest BCUT2D eigenvalue weighted by atomic mass is 32.2. The van der Waals surface area contributed by atoms with Crippen molar-refractivity contribution < 1.29 is 4.79 Å². The molecular formula is C19H20N2OS. The number of aryl methyl sites for hydroxylation is 1. The summed E-state index contributed by atoms with van der Waals surface area (Å²) in [7, 11) is 0. The minimum atomic E-state index is -0.0321. The topological polar surface area (TPSA) is 55.1 Å². The van der Waals surface area contributed by atoms with Crippen molar-refractivity contribution in [2.45, 2.75) is 36.1 Å². The standard InChI is InChI=1S/C19H20N2OS/c20-13-8-9-14-12(10-13)4-3-6-17(14)21-19(22)16-11-23-18-7-2-1-5-15(16)18/h1-2,5,7-10,16-17H,3-4,6,11,20H2,(H,21,22). The SMILES string of the molecule is Nc1ccc2c(c1)CCCC2NC(=O)C1CSc2ccccc21. The van der Waals surface area contributed by atoms with Gasteiger partial charge in [-0.3, -0.25) is 4.79 Å². The average molecular weight is 324 g/mol. The van der Waals surface area contributed by atoms with Crippen LogP contribution in [0.1, 0.15) is 41.5 Å². The number of carbonyl (C=O) groups is 1. The second-order valence-electron chi connectivity index (χ2n) is 6.31. The molecule has 1 amide bonds. The van der Waals surface area contributed by atoms with Gasteiger partial charge in [-0.05, 0) is 54.2 Å². The Balaban J connectivity index is 1.55. The number of nitrogen functional groups attached to an aromatic ring is 1. The van der Waals surface area contributed by atoms with Crippen LogP contribution in [0.4, 0.5) is 5.69 Å². The van der Waals surface area contributed by atoms with E-state index >= 15 is 0 Å². The second-order valence-corrected chi connectivity index (χ2v) is 7.37. The molecule has 1 aliphatic heterocycles. The lowest BCUT2D eigenvalue weighted by Gasteiger charge is -2.27. The molecule has 0 saturated heterocycles. The monoisotopic (exact) mass is 324 g/mol. The fourth-order valence-electron chi connectivity index (χ4n) is 3.64. The molecule has 0 fully saturated rings. The zero-order chi connectivity index (χ0) is 15.8. The van der Waals surface area contributed by atoms with Crippen LogP contribution in [0.25, 0.3) is 0 Å². The lowest BCUT2D eigenvalue weighted by atomic mass is 9.87. The van der Waals surface area contributed by atoms with Crippen LogP contribution in [0.5, 0.6) is 0 Å². The summed E-state index contributed by atoms with van der Waals surface area (Å²) in [6.45, 7) is 0. The van der Waals surface area contributed by atoms with Gasteiger partial charge in [0.25, 0.3) is 0 Å². The molecule has 23 heavy (non-hydrogen) atoms. The molecule has 3 nitrogen and oxygen atoms in total. The summed E-state index contributed by atoms with van der Waals surface area (Å²) >= 11 is 1.78. The second kappa shape index (κ2) is 5.93. The molecular weight excluding hydrogens is 304 g/mol. The Morgan fingerprint density at radius 1 is 1.17 bits per heavy atom. The molecule has 2 unspecified atom stereocenters. The number of amides is 1. The predicted octanol–water partition coefficient (Wildman–Crippen LogP) is 3.65. The zero-order valence-electron chi connectivity index (χ0n) is 12.9. The van der Waals surface area contributed by atoms with E-state index in [1.165, 1.54) is 21.6 Å². The van der Waals surface area contributed by atoms with Crippen LogP contribution in [0.3, 0.4) is 0 Å². The van der Waals surface area contributed by atoms with Crippen LogP contribution in [0, 0.1) is 0 Å². The molecule has 118 valence electrons. The first-order valence-electron chi connectivity index (χ1n) is 8.13. The van der Waals surface area contributed by atoms with Gasteiger partial charge in [0.2, 0.25) is 5.91 Å². The molecule has 1 aliphatic carbocycles. The number of rotatable bonds is 2. The number of hydrogen-bond donors (Lipinski definition) is 2. The third kappa shape index (κ3) is 2.72. The number of benzene rings is 2. The van der Waals surface area contributed by atoms with E-state index in [0.29, 0.717) is 0 Å². The van der Waals surface area contributed by atoms with Gasteiger partial charge in [-0.2, -0.15) is 0 Å². The number of nitrogens with one attached hydrogen (secondary N) is 1. The third-order valence-corrected chi connectivity index (χ3v) is 6.00. The van der Waals surface area contributed by atoms with Gasteiger partial charge in [-0.25, -0.2) is 0 Å². The first kappa shape index (κ1) is 14.6. The Bertz CT molecular complexity index is 759. The number of fused-ring (bicyclic) bond motifs is 2. The molecule has 1 heterocycles. The highest BCUT2D eigenvalue weighted by molar-refractivity contribution is 7.99. The van der Waals surface area contributed by atoms with E-state index in [1.807, 2.05) is 24.3 Å². The van der Waals surface area contributed by atoms with E-state index in [1.54, 1.807) is 11.8 Å². The van der Waals surface area contributed by atoms with E-state index in [4.69, 9.17) is 5.73 Å². The summed E-state index contributed by atoms with van der Waals surface area (Å²) in [6.07, 6.45) is 3.15. The van der Waals surface area contributed by atoms with Crippen molar-refractivity contribution in [3.63, 3.8) is 0 Å². The normalized spacial score (nSPS) is 22.3. The van der Waals surface area contributed by atoms with E-state index in [9.17, 15) is 4.79 Å². The van der Waals surface area contributed by atoms with Crippen molar-refractivity contribution in [1.29, 1.82) is 0 Å². The van der Waals surface area contributed by atoms with Crippen LogP contribution >= 0.6 is 11.8 Å². The number of thioether (sulfide) groups is 1. The smallest absolute Gasteiger partial charge is 0.228 e. The predicted molar refractivity (Wildman–Crippen MR) is 94.6 cm³/mol. The molecule has 4 heteroatoms. The van der Waals surface area contributed by atoms with Crippen LogP contribution < -0.4 is 11.1 Å². The first-order chi connectivity index (χ1) is 11.2. The summed E-state index contributed by atoms with van der Waals surface area (Å²) in [5, 5.41) is 3.28. The van der Waals surface area contributed by atoms with Crippen molar-refractivity contribution >= 4 is 23.4 Å². The first-order valence-corrected chi connectivity index (χ1v) is 9.11. The molecule has 2 aliphatic rings. The summed E-state index contributed by atoms with van der Waals surface area (Å²) < 4.78 is 0. The Labute approximate surface area is 140 Å². The van der Waals surface area contributed by atoms with Gasteiger partial charge in [-0.15, -0.1) is 11.8 Å².